The number of hydrogen-bond donors (Lipinski definition) is 2. The molecule has 0 spiro atoms. The maximum absolute atomic E-state index is 10.5. The quantitative estimate of drug-likeness (QED) is 0.380. The van der Waals surface area contributed by atoms with Gasteiger partial charge in [0.1, 0.15) is 5.69 Å². The third-order valence-corrected chi connectivity index (χ3v) is 4.14. The Balaban J connectivity index is 1.71. The van der Waals surface area contributed by atoms with E-state index in [1.165, 1.54) is 4.68 Å². The number of aromatic hydroxyl groups is 1. The normalized spacial score (nSPS) is 11.0. The Labute approximate surface area is 160 Å². The van der Waals surface area contributed by atoms with Crippen LogP contribution in [0.4, 0.5) is 17.2 Å². The molecule has 2 heterocycles. The molecule has 0 radical (unpaired) electrons. The predicted molar refractivity (Wildman–Crippen MR) is 104 cm³/mol. The molecule has 8 heteroatoms. The molecule has 0 atom stereocenters. The first-order chi connectivity index (χ1) is 13.7. The summed E-state index contributed by atoms with van der Waals surface area (Å²) in [5, 5.41) is 30.0. The second-order valence-corrected chi connectivity index (χ2v) is 5.95. The predicted octanol–water partition coefficient (Wildman–Crippen LogP) is 5.24. The molecule has 4 aromatic rings. The van der Waals surface area contributed by atoms with Crippen LogP contribution < -0.4 is 0 Å². The highest BCUT2D eigenvalue weighted by Gasteiger charge is 2.18. The molecule has 0 amide bonds. The first-order valence-corrected chi connectivity index (χ1v) is 8.46. The number of para-hydroxylation sites is 1. The van der Waals surface area contributed by atoms with Crippen LogP contribution in [0.3, 0.4) is 0 Å². The van der Waals surface area contributed by atoms with Gasteiger partial charge in [-0.15, -0.1) is 10.2 Å². The number of aryl methyl sites for hydroxylation is 1. The molecule has 2 aromatic heterocycles. The third kappa shape index (κ3) is 3.01. The fourth-order valence-electron chi connectivity index (χ4n) is 2.77. The molecular formula is C20H15N7O. The van der Waals surface area contributed by atoms with E-state index >= 15 is 0 Å². The molecule has 4 rings (SSSR count). The summed E-state index contributed by atoms with van der Waals surface area (Å²) in [7, 11) is 0. The van der Waals surface area contributed by atoms with Gasteiger partial charge in [-0.05, 0) is 24.6 Å². The molecule has 0 aliphatic carbocycles. The van der Waals surface area contributed by atoms with Crippen LogP contribution in [0.2, 0.25) is 0 Å². The van der Waals surface area contributed by atoms with Gasteiger partial charge in [0.05, 0.1) is 18.0 Å². The van der Waals surface area contributed by atoms with Gasteiger partial charge in [0, 0.05) is 0 Å². The van der Waals surface area contributed by atoms with E-state index in [-0.39, 0.29) is 23.1 Å². The van der Waals surface area contributed by atoms with Gasteiger partial charge in [0.15, 0.2) is 11.5 Å². The van der Waals surface area contributed by atoms with Crippen molar-refractivity contribution in [3.63, 3.8) is 0 Å². The Morgan fingerprint density at radius 1 is 1.04 bits per heavy atom. The maximum atomic E-state index is 10.5. The number of H-pyrrole nitrogens is 1. The Morgan fingerprint density at radius 2 is 1.71 bits per heavy atom. The molecule has 0 bridgehead atoms. The van der Waals surface area contributed by atoms with Gasteiger partial charge in [-0.3, -0.25) is 5.10 Å². The molecule has 28 heavy (non-hydrogen) atoms. The fraction of sp³-hybridized carbons (Fsp3) is 0.0500. The van der Waals surface area contributed by atoms with E-state index in [1.54, 1.807) is 6.92 Å². The summed E-state index contributed by atoms with van der Waals surface area (Å²) in [6.45, 7) is 9.20. The number of aromatic amines is 1. The molecule has 0 aliphatic heterocycles. The number of nitrogens with one attached hydrogen (secondary N) is 1. The standard InChI is InChI=1S/C20H15N7O/c1-13-16(20(28)27(26-13)15-11-7-4-8-12-15)22-24-19-18(21-2)17(23-25-19)14-9-5-3-6-10-14/h3-12,28H,1H3,(H,23,25)/b24-22+. The lowest BCUT2D eigenvalue weighted by Crippen LogP contribution is -1.94. The number of rotatable bonds is 4. The summed E-state index contributed by atoms with van der Waals surface area (Å²) in [4.78, 5) is 3.54. The molecule has 0 unspecified atom stereocenters. The van der Waals surface area contributed by atoms with E-state index in [0.29, 0.717) is 17.1 Å². The first kappa shape index (κ1) is 17.2. The summed E-state index contributed by atoms with van der Waals surface area (Å²) in [6.07, 6.45) is 0. The van der Waals surface area contributed by atoms with Crippen LogP contribution in [0.5, 0.6) is 5.88 Å². The molecule has 0 saturated heterocycles. The second-order valence-electron chi connectivity index (χ2n) is 5.95. The highest BCUT2D eigenvalue weighted by Crippen LogP contribution is 2.38. The van der Waals surface area contributed by atoms with E-state index in [4.69, 9.17) is 6.57 Å². The Morgan fingerprint density at radius 3 is 2.39 bits per heavy atom. The number of azo groups is 1. The topological polar surface area (TPSA) is 95.8 Å². The van der Waals surface area contributed by atoms with E-state index in [1.807, 2.05) is 60.7 Å². The third-order valence-electron chi connectivity index (χ3n) is 4.14. The highest BCUT2D eigenvalue weighted by atomic mass is 16.3. The molecule has 136 valence electrons. The van der Waals surface area contributed by atoms with Crippen LogP contribution in [0, 0.1) is 13.5 Å². The van der Waals surface area contributed by atoms with Crippen LogP contribution in [0.1, 0.15) is 5.69 Å². The van der Waals surface area contributed by atoms with Gasteiger partial charge in [0.2, 0.25) is 5.88 Å². The van der Waals surface area contributed by atoms with Crippen molar-refractivity contribution in [3.05, 3.63) is 77.8 Å². The number of nitrogens with zero attached hydrogens (tertiary/aromatic N) is 6. The minimum Gasteiger partial charge on any atom is -0.492 e. The SMILES string of the molecule is [C-]#[N+]c1c(-c2ccccc2)n[nH]c1/N=N/c1c(C)nn(-c2ccccc2)c1O. The minimum atomic E-state index is -0.125. The first-order valence-electron chi connectivity index (χ1n) is 8.46. The molecule has 2 aromatic carbocycles. The van der Waals surface area contributed by atoms with Crippen molar-refractivity contribution in [2.75, 3.05) is 0 Å². The smallest absolute Gasteiger partial charge is 0.259 e. The van der Waals surface area contributed by atoms with Gasteiger partial charge in [-0.25, -0.2) is 4.85 Å². The monoisotopic (exact) mass is 369 g/mol. The van der Waals surface area contributed by atoms with E-state index < -0.39 is 0 Å². The Bertz CT molecular complexity index is 1180. The van der Waals surface area contributed by atoms with Crippen LogP contribution in [-0.4, -0.2) is 25.1 Å². The average Bonchev–Trinajstić information content (AvgIpc) is 3.28. The van der Waals surface area contributed by atoms with Gasteiger partial charge in [0.25, 0.3) is 5.69 Å². The molecule has 8 nitrogen and oxygen atoms in total. The molecule has 0 saturated carbocycles. The number of aromatic nitrogens is 4. The van der Waals surface area contributed by atoms with Gasteiger partial charge < -0.3 is 5.11 Å². The number of hydrogen-bond acceptors (Lipinski definition) is 5. The van der Waals surface area contributed by atoms with Gasteiger partial charge in [-0.2, -0.15) is 14.9 Å². The molecule has 0 aliphatic rings. The van der Waals surface area contributed by atoms with E-state index in [0.717, 1.165) is 5.56 Å². The van der Waals surface area contributed by atoms with Crippen molar-refractivity contribution in [1.29, 1.82) is 0 Å². The van der Waals surface area contributed by atoms with Crippen molar-refractivity contribution >= 4 is 17.2 Å². The zero-order chi connectivity index (χ0) is 19.5. The summed E-state index contributed by atoms with van der Waals surface area (Å²) < 4.78 is 1.39. The van der Waals surface area contributed by atoms with Gasteiger partial charge >= 0.3 is 0 Å². The van der Waals surface area contributed by atoms with Crippen LogP contribution in [-0.2, 0) is 0 Å². The zero-order valence-electron chi connectivity index (χ0n) is 14.9. The summed E-state index contributed by atoms with van der Waals surface area (Å²) >= 11 is 0. The van der Waals surface area contributed by atoms with E-state index in [9.17, 15) is 5.11 Å². The lowest BCUT2D eigenvalue weighted by molar-refractivity contribution is 0.434. The van der Waals surface area contributed by atoms with Crippen LogP contribution >= 0.6 is 0 Å². The van der Waals surface area contributed by atoms with Crippen molar-refractivity contribution in [2.24, 2.45) is 10.2 Å². The van der Waals surface area contributed by atoms with E-state index in [2.05, 4.69) is 30.4 Å². The lowest BCUT2D eigenvalue weighted by Gasteiger charge is -2.01. The molecule has 0 fully saturated rings. The highest BCUT2D eigenvalue weighted by molar-refractivity contribution is 5.82. The average molecular weight is 369 g/mol. The van der Waals surface area contributed by atoms with Crippen molar-refractivity contribution in [3.8, 4) is 22.8 Å². The summed E-state index contributed by atoms with van der Waals surface area (Å²) in [5.74, 6) is 0.0970. The van der Waals surface area contributed by atoms with Gasteiger partial charge in [-0.1, -0.05) is 48.5 Å². The van der Waals surface area contributed by atoms with Crippen LogP contribution in [0.15, 0.2) is 70.9 Å². The van der Waals surface area contributed by atoms with Crippen molar-refractivity contribution in [2.45, 2.75) is 6.92 Å². The molecule has 2 N–H and O–H groups in total. The van der Waals surface area contributed by atoms with Crippen molar-refractivity contribution < 1.29 is 5.11 Å². The Kier molecular flexibility index (Phi) is 4.40. The van der Waals surface area contributed by atoms with Crippen LogP contribution in [0.25, 0.3) is 21.8 Å². The summed E-state index contributed by atoms with van der Waals surface area (Å²) in [6, 6.07) is 18.6. The molecular weight excluding hydrogens is 354 g/mol. The maximum Gasteiger partial charge on any atom is 0.259 e. The fourth-order valence-corrected chi connectivity index (χ4v) is 2.77. The summed E-state index contributed by atoms with van der Waals surface area (Å²) in [5.41, 5.74) is 3.03. The minimum absolute atomic E-state index is 0.125. The second kappa shape index (κ2) is 7.17. The lowest BCUT2D eigenvalue weighted by atomic mass is 10.1. The Hall–Kier alpha value is -4.25. The largest absolute Gasteiger partial charge is 0.492 e. The number of benzene rings is 2. The zero-order valence-corrected chi connectivity index (χ0v) is 14.9. The van der Waals surface area contributed by atoms with Crippen molar-refractivity contribution in [1.82, 2.24) is 20.0 Å².